The van der Waals surface area contributed by atoms with Gasteiger partial charge in [0, 0.05) is 12.1 Å². The Bertz CT molecular complexity index is 465. The lowest BCUT2D eigenvalue weighted by atomic mass is 10.1. The Morgan fingerprint density at radius 2 is 2.33 bits per heavy atom. The number of nitrogen functional groups attached to an aromatic ring is 1. The van der Waals surface area contributed by atoms with E-state index < -0.39 is 4.92 Å². The SMILES string of the molecule is CCC1CCC(C)N1c1nc(N)ncc1[N+](=O)[O-]. The number of anilines is 2. The molecule has 1 fully saturated rings. The highest BCUT2D eigenvalue weighted by atomic mass is 16.6. The van der Waals surface area contributed by atoms with E-state index in [0.717, 1.165) is 19.3 Å². The van der Waals surface area contributed by atoms with Gasteiger partial charge in [0.05, 0.1) is 4.92 Å². The van der Waals surface area contributed by atoms with Crippen molar-refractivity contribution >= 4 is 17.5 Å². The summed E-state index contributed by atoms with van der Waals surface area (Å²) in [7, 11) is 0. The van der Waals surface area contributed by atoms with Crippen LogP contribution in [0.1, 0.15) is 33.1 Å². The van der Waals surface area contributed by atoms with Crippen LogP contribution in [0.5, 0.6) is 0 Å². The van der Waals surface area contributed by atoms with Crippen LogP contribution in [0, 0.1) is 10.1 Å². The standard InChI is InChI=1S/C11H17N5O2/c1-3-8-5-4-7(2)15(8)10-9(16(17)18)6-13-11(12)14-10/h6-8H,3-5H2,1-2H3,(H2,12,13,14). The Morgan fingerprint density at radius 1 is 1.61 bits per heavy atom. The van der Waals surface area contributed by atoms with Crippen LogP contribution in [-0.2, 0) is 0 Å². The first-order chi connectivity index (χ1) is 8.54. The number of hydrogen-bond donors (Lipinski definition) is 1. The van der Waals surface area contributed by atoms with Gasteiger partial charge < -0.3 is 10.6 Å². The number of rotatable bonds is 3. The molecule has 7 heteroatoms. The molecule has 0 amide bonds. The van der Waals surface area contributed by atoms with Gasteiger partial charge in [-0.25, -0.2) is 4.98 Å². The molecule has 2 atom stereocenters. The minimum atomic E-state index is -0.452. The van der Waals surface area contributed by atoms with Crippen molar-refractivity contribution in [3.05, 3.63) is 16.3 Å². The highest BCUT2D eigenvalue weighted by Crippen LogP contribution is 2.35. The summed E-state index contributed by atoms with van der Waals surface area (Å²) in [6.07, 6.45) is 4.17. The second-order valence-corrected chi connectivity index (χ2v) is 4.59. The molecule has 98 valence electrons. The molecule has 7 nitrogen and oxygen atoms in total. The van der Waals surface area contributed by atoms with Gasteiger partial charge >= 0.3 is 5.69 Å². The highest BCUT2D eigenvalue weighted by Gasteiger charge is 2.35. The molecule has 2 N–H and O–H groups in total. The molecule has 2 unspecified atom stereocenters. The van der Waals surface area contributed by atoms with Crippen molar-refractivity contribution in [2.24, 2.45) is 0 Å². The molecule has 1 aliphatic rings. The second kappa shape index (κ2) is 4.75. The van der Waals surface area contributed by atoms with Gasteiger partial charge in [0.25, 0.3) is 0 Å². The lowest BCUT2D eigenvalue weighted by molar-refractivity contribution is -0.384. The first-order valence-electron chi connectivity index (χ1n) is 6.09. The van der Waals surface area contributed by atoms with Crippen molar-refractivity contribution in [1.82, 2.24) is 9.97 Å². The molecule has 1 aromatic heterocycles. The molecular weight excluding hydrogens is 234 g/mol. The number of hydrogen-bond acceptors (Lipinski definition) is 6. The largest absolute Gasteiger partial charge is 0.368 e. The van der Waals surface area contributed by atoms with E-state index in [1.165, 1.54) is 6.20 Å². The van der Waals surface area contributed by atoms with Crippen LogP contribution in [0.25, 0.3) is 0 Å². The molecular formula is C11H17N5O2. The van der Waals surface area contributed by atoms with Gasteiger partial charge in [0.1, 0.15) is 6.20 Å². The van der Waals surface area contributed by atoms with E-state index in [1.54, 1.807) is 0 Å². The number of nitrogens with zero attached hydrogens (tertiary/aromatic N) is 4. The molecule has 18 heavy (non-hydrogen) atoms. The van der Waals surface area contributed by atoms with Crippen molar-refractivity contribution in [2.45, 2.75) is 45.2 Å². The average molecular weight is 251 g/mol. The minimum absolute atomic E-state index is 0.0728. The van der Waals surface area contributed by atoms with E-state index in [9.17, 15) is 10.1 Å². The van der Waals surface area contributed by atoms with Crippen molar-refractivity contribution < 1.29 is 4.92 Å². The summed E-state index contributed by atoms with van der Waals surface area (Å²) in [4.78, 5) is 20.4. The quantitative estimate of drug-likeness (QED) is 0.649. The molecule has 2 rings (SSSR count). The van der Waals surface area contributed by atoms with Crippen molar-refractivity contribution in [1.29, 1.82) is 0 Å². The van der Waals surface area contributed by atoms with Crippen LogP contribution in [0.4, 0.5) is 17.5 Å². The van der Waals surface area contributed by atoms with Crippen molar-refractivity contribution in [2.75, 3.05) is 10.6 Å². The third kappa shape index (κ3) is 2.07. The second-order valence-electron chi connectivity index (χ2n) is 4.59. The van der Waals surface area contributed by atoms with Gasteiger partial charge in [-0.3, -0.25) is 10.1 Å². The summed E-state index contributed by atoms with van der Waals surface area (Å²) in [5, 5.41) is 11.0. The Hall–Kier alpha value is -1.92. The Balaban J connectivity index is 2.48. The van der Waals surface area contributed by atoms with Crippen LogP contribution < -0.4 is 10.6 Å². The van der Waals surface area contributed by atoms with Crippen LogP contribution >= 0.6 is 0 Å². The summed E-state index contributed by atoms with van der Waals surface area (Å²) in [6, 6.07) is 0.524. The maximum absolute atomic E-state index is 11.0. The molecule has 0 spiro atoms. The predicted molar refractivity (Wildman–Crippen MR) is 68.4 cm³/mol. The van der Waals surface area contributed by atoms with Gasteiger partial charge in [-0.2, -0.15) is 4.98 Å². The van der Waals surface area contributed by atoms with Crippen molar-refractivity contribution in [3.63, 3.8) is 0 Å². The van der Waals surface area contributed by atoms with Gasteiger partial charge in [-0.1, -0.05) is 6.92 Å². The fraction of sp³-hybridized carbons (Fsp3) is 0.636. The Morgan fingerprint density at radius 3 is 2.94 bits per heavy atom. The maximum atomic E-state index is 11.0. The first-order valence-corrected chi connectivity index (χ1v) is 6.09. The summed E-state index contributed by atoms with van der Waals surface area (Å²) in [6.45, 7) is 4.13. The molecule has 0 radical (unpaired) electrons. The van der Waals surface area contributed by atoms with Crippen molar-refractivity contribution in [3.8, 4) is 0 Å². The van der Waals surface area contributed by atoms with Crippen LogP contribution in [0.15, 0.2) is 6.20 Å². The summed E-state index contributed by atoms with van der Waals surface area (Å²) >= 11 is 0. The molecule has 2 heterocycles. The fourth-order valence-corrected chi connectivity index (χ4v) is 2.55. The van der Waals surface area contributed by atoms with Gasteiger partial charge in [0.2, 0.25) is 11.8 Å². The number of nitro groups is 1. The van der Waals surface area contributed by atoms with E-state index >= 15 is 0 Å². The van der Waals surface area contributed by atoms with Gasteiger partial charge in [-0.15, -0.1) is 0 Å². The lowest BCUT2D eigenvalue weighted by Gasteiger charge is -2.28. The molecule has 0 bridgehead atoms. The molecule has 1 aliphatic heterocycles. The van der Waals surface area contributed by atoms with E-state index in [1.807, 2.05) is 4.90 Å². The third-order valence-electron chi connectivity index (χ3n) is 3.47. The average Bonchev–Trinajstić information content (AvgIpc) is 2.69. The molecule has 0 aliphatic carbocycles. The van der Waals surface area contributed by atoms with E-state index in [0.29, 0.717) is 5.82 Å². The zero-order valence-corrected chi connectivity index (χ0v) is 10.5. The third-order valence-corrected chi connectivity index (χ3v) is 3.47. The molecule has 0 aromatic carbocycles. The zero-order chi connectivity index (χ0) is 13.3. The number of aromatic nitrogens is 2. The highest BCUT2D eigenvalue weighted by molar-refractivity contribution is 5.60. The maximum Gasteiger partial charge on any atom is 0.329 e. The Kier molecular flexibility index (Phi) is 3.31. The van der Waals surface area contributed by atoms with E-state index in [2.05, 4.69) is 23.8 Å². The zero-order valence-electron chi connectivity index (χ0n) is 10.5. The topological polar surface area (TPSA) is 98.2 Å². The van der Waals surface area contributed by atoms with E-state index in [4.69, 9.17) is 5.73 Å². The lowest BCUT2D eigenvalue weighted by Crippen LogP contribution is -2.35. The summed E-state index contributed by atoms with van der Waals surface area (Å²) in [5.41, 5.74) is 5.48. The molecule has 0 saturated carbocycles. The summed E-state index contributed by atoms with van der Waals surface area (Å²) in [5.74, 6) is 0.425. The predicted octanol–water partition coefficient (Wildman–Crippen LogP) is 1.73. The van der Waals surface area contributed by atoms with Gasteiger partial charge in [0.15, 0.2) is 0 Å². The van der Waals surface area contributed by atoms with Gasteiger partial charge in [-0.05, 0) is 26.2 Å². The van der Waals surface area contributed by atoms with Crippen LogP contribution in [0.2, 0.25) is 0 Å². The first kappa shape index (κ1) is 12.5. The monoisotopic (exact) mass is 251 g/mol. The molecule has 1 saturated heterocycles. The van der Waals surface area contributed by atoms with Crippen LogP contribution in [-0.4, -0.2) is 27.0 Å². The van der Waals surface area contributed by atoms with Crippen LogP contribution in [0.3, 0.4) is 0 Å². The molecule has 1 aromatic rings. The fourth-order valence-electron chi connectivity index (χ4n) is 2.55. The minimum Gasteiger partial charge on any atom is -0.368 e. The summed E-state index contributed by atoms with van der Waals surface area (Å²) < 4.78 is 0. The smallest absolute Gasteiger partial charge is 0.329 e. The normalized spacial score (nSPS) is 23.3. The number of nitrogens with two attached hydrogens (primary N) is 1. The Labute approximate surface area is 105 Å². The van der Waals surface area contributed by atoms with E-state index in [-0.39, 0.29) is 23.7 Å².